The van der Waals surface area contributed by atoms with Gasteiger partial charge < -0.3 is 9.84 Å². The first kappa shape index (κ1) is 16.2. The Morgan fingerprint density at radius 2 is 1.95 bits per heavy atom. The van der Waals surface area contributed by atoms with Crippen LogP contribution in [0.15, 0.2) is 34.9 Å². The zero-order chi connectivity index (χ0) is 16.3. The number of hydrogen-bond donors (Lipinski definition) is 1. The first-order valence-electron chi connectivity index (χ1n) is 7.24. The van der Waals surface area contributed by atoms with E-state index in [1.165, 1.54) is 12.1 Å². The van der Waals surface area contributed by atoms with Crippen LogP contribution in [-0.2, 0) is 0 Å². The van der Waals surface area contributed by atoms with E-state index in [2.05, 4.69) is 31.2 Å². The van der Waals surface area contributed by atoms with Crippen molar-refractivity contribution < 1.29 is 13.7 Å². The van der Waals surface area contributed by atoms with E-state index in [1.54, 1.807) is 25.1 Å². The number of nitrogens with one attached hydrogen (secondary N) is 1. The van der Waals surface area contributed by atoms with Crippen molar-refractivity contribution in [2.75, 3.05) is 0 Å². The van der Waals surface area contributed by atoms with E-state index in [9.17, 15) is 9.18 Å². The fourth-order valence-corrected chi connectivity index (χ4v) is 2.26. The molecule has 1 atom stereocenters. The number of nitrogens with zero attached hydrogens (tertiary/aromatic N) is 1. The first-order chi connectivity index (χ1) is 10.2. The Labute approximate surface area is 129 Å². The molecule has 0 spiro atoms. The average molecular weight is 304 g/mol. The standard InChI is InChI=1S/C17H21FN2O2/c1-11-9-15(22-20-11)16(21)19-14(10-17(2,3)4)12-5-7-13(18)8-6-12/h5-9,14H,10H2,1-4H3,(H,19,21)/t14-/m1/s1. The molecule has 0 radical (unpaired) electrons. The van der Waals surface area contributed by atoms with Crippen LogP contribution in [0.5, 0.6) is 0 Å². The highest BCUT2D eigenvalue weighted by Crippen LogP contribution is 2.29. The quantitative estimate of drug-likeness (QED) is 0.928. The van der Waals surface area contributed by atoms with Crippen LogP contribution in [0.4, 0.5) is 4.39 Å². The number of carbonyl (C=O) groups excluding carboxylic acids is 1. The Bertz CT molecular complexity index is 641. The predicted octanol–water partition coefficient (Wildman–Crippen LogP) is 4.03. The second kappa shape index (κ2) is 6.30. The van der Waals surface area contributed by atoms with Crippen molar-refractivity contribution >= 4 is 5.91 Å². The minimum Gasteiger partial charge on any atom is -0.351 e. The molecule has 0 bridgehead atoms. The maximum atomic E-state index is 13.1. The highest BCUT2D eigenvalue weighted by atomic mass is 19.1. The summed E-state index contributed by atoms with van der Waals surface area (Å²) in [5.74, 6) is -0.437. The molecule has 0 aliphatic carbocycles. The van der Waals surface area contributed by atoms with Crippen LogP contribution >= 0.6 is 0 Å². The Morgan fingerprint density at radius 3 is 2.45 bits per heavy atom. The van der Waals surface area contributed by atoms with E-state index in [4.69, 9.17) is 4.52 Å². The van der Waals surface area contributed by atoms with Gasteiger partial charge in [0.2, 0.25) is 5.76 Å². The number of rotatable bonds is 4. The van der Waals surface area contributed by atoms with E-state index in [-0.39, 0.29) is 28.9 Å². The molecule has 0 aliphatic heterocycles. The van der Waals surface area contributed by atoms with Gasteiger partial charge in [0.05, 0.1) is 11.7 Å². The number of benzene rings is 1. The zero-order valence-corrected chi connectivity index (χ0v) is 13.3. The van der Waals surface area contributed by atoms with Crippen molar-refractivity contribution in [1.29, 1.82) is 0 Å². The monoisotopic (exact) mass is 304 g/mol. The highest BCUT2D eigenvalue weighted by Gasteiger charge is 2.24. The number of hydrogen-bond acceptors (Lipinski definition) is 3. The third kappa shape index (κ3) is 4.41. The average Bonchev–Trinajstić information content (AvgIpc) is 2.84. The third-order valence-electron chi connectivity index (χ3n) is 3.25. The topological polar surface area (TPSA) is 55.1 Å². The van der Waals surface area contributed by atoms with E-state index in [1.807, 2.05) is 0 Å². The van der Waals surface area contributed by atoms with Crippen molar-refractivity contribution in [1.82, 2.24) is 10.5 Å². The highest BCUT2D eigenvalue weighted by molar-refractivity contribution is 5.91. The maximum absolute atomic E-state index is 13.1. The summed E-state index contributed by atoms with van der Waals surface area (Å²) in [7, 11) is 0. The van der Waals surface area contributed by atoms with Crippen LogP contribution in [0.2, 0.25) is 0 Å². The van der Waals surface area contributed by atoms with Gasteiger partial charge in [0.15, 0.2) is 0 Å². The van der Waals surface area contributed by atoms with Gasteiger partial charge >= 0.3 is 0 Å². The minimum absolute atomic E-state index is 0.00363. The number of halogens is 1. The second-order valence-electron chi connectivity index (χ2n) is 6.67. The molecule has 1 amide bonds. The molecule has 2 rings (SSSR count). The number of aryl methyl sites for hydroxylation is 1. The Kier molecular flexibility index (Phi) is 4.64. The molecule has 0 unspecified atom stereocenters. The van der Waals surface area contributed by atoms with Gasteiger partial charge in [-0.05, 0) is 36.5 Å². The summed E-state index contributed by atoms with van der Waals surface area (Å²) in [6.45, 7) is 8.03. The van der Waals surface area contributed by atoms with Crippen LogP contribution in [-0.4, -0.2) is 11.1 Å². The fourth-order valence-electron chi connectivity index (χ4n) is 2.26. The Morgan fingerprint density at radius 1 is 1.32 bits per heavy atom. The molecule has 0 aliphatic rings. The molecule has 22 heavy (non-hydrogen) atoms. The number of aromatic nitrogens is 1. The van der Waals surface area contributed by atoms with Gasteiger partial charge in [-0.25, -0.2) is 4.39 Å². The Balaban J connectivity index is 2.21. The predicted molar refractivity (Wildman–Crippen MR) is 81.9 cm³/mol. The fraction of sp³-hybridized carbons (Fsp3) is 0.412. The van der Waals surface area contributed by atoms with Crippen LogP contribution < -0.4 is 5.32 Å². The molecule has 0 fully saturated rings. The first-order valence-corrected chi connectivity index (χ1v) is 7.24. The summed E-state index contributed by atoms with van der Waals surface area (Å²) in [6, 6.07) is 7.55. The van der Waals surface area contributed by atoms with Crippen LogP contribution in [0.25, 0.3) is 0 Å². The van der Waals surface area contributed by atoms with E-state index < -0.39 is 0 Å². The lowest BCUT2D eigenvalue weighted by Gasteiger charge is -2.27. The molecule has 118 valence electrons. The summed E-state index contributed by atoms with van der Waals surface area (Å²) in [4.78, 5) is 12.3. The molecule has 1 N–H and O–H groups in total. The van der Waals surface area contributed by atoms with Crippen molar-refractivity contribution in [3.05, 3.63) is 53.2 Å². The van der Waals surface area contributed by atoms with Crippen molar-refractivity contribution in [3.63, 3.8) is 0 Å². The Hall–Kier alpha value is -2.17. The molecule has 1 heterocycles. The van der Waals surface area contributed by atoms with Gasteiger partial charge in [0.1, 0.15) is 5.82 Å². The van der Waals surface area contributed by atoms with Gasteiger partial charge in [-0.15, -0.1) is 0 Å². The summed E-state index contributed by atoms with van der Waals surface area (Å²) in [5, 5.41) is 6.66. The molecule has 0 saturated carbocycles. The van der Waals surface area contributed by atoms with Gasteiger partial charge in [0.25, 0.3) is 5.91 Å². The third-order valence-corrected chi connectivity index (χ3v) is 3.25. The van der Waals surface area contributed by atoms with Crippen molar-refractivity contribution in [2.45, 2.75) is 40.2 Å². The number of carbonyl (C=O) groups is 1. The second-order valence-corrected chi connectivity index (χ2v) is 6.67. The van der Waals surface area contributed by atoms with Crippen LogP contribution in [0, 0.1) is 18.2 Å². The smallest absolute Gasteiger partial charge is 0.290 e. The molecular weight excluding hydrogens is 283 g/mol. The van der Waals surface area contributed by atoms with Crippen LogP contribution in [0.1, 0.15) is 55.0 Å². The van der Waals surface area contributed by atoms with E-state index in [0.29, 0.717) is 5.69 Å². The van der Waals surface area contributed by atoms with Gasteiger partial charge in [-0.2, -0.15) is 0 Å². The molecule has 5 heteroatoms. The number of amides is 1. The maximum Gasteiger partial charge on any atom is 0.290 e. The summed E-state index contributed by atoms with van der Waals surface area (Å²) in [6.07, 6.45) is 0.720. The molecule has 0 saturated heterocycles. The zero-order valence-electron chi connectivity index (χ0n) is 13.3. The SMILES string of the molecule is Cc1cc(C(=O)N[C@H](CC(C)(C)C)c2ccc(F)cc2)on1. The molecule has 4 nitrogen and oxygen atoms in total. The van der Waals surface area contributed by atoms with E-state index in [0.717, 1.165) is 12.0 Å². The molecular formula is C17H21FN2O2. The lowest BCUT2D eigenvalue weighted by molar-refractivity contribution is 0.0889. The minimum atomic E-state index is -0.320. The van der Waals surface area contributed by atoms with Gasteiger partial charge in [-0.1, -0.05) is 38.1 Å². The van der Waals surface area contributed by atoms with Crippen LogP contribution in [0.3, 0.4) is 0 Å². The summed E-state index contributed by atoms with van der Waals surface area (Å²) in [5.41, 5.74) is 1.52. The lowest BCUT2D eigenvalue weighted by Crippen LogP contribution is -2.31. The summed E-state index contributed by atoms with van der Waals surface area (Å²) < 4.78 is 18.1. The lowest BCUT2D eigenvalue weighted by atomic mass is 9.85. The molecule has 2 aromatic rings. The van der Waals surface area contributed by atoms with E-state index >= 15 is 0 Å². The molecule has 1 aromatic heterocycles. The normalized spacial score (nSPS) is 13.0. The van der Waals surface area contributed by atoms with Gasteiger partial charge in [0, 0.05) is 6.07 Å². The largest absolute Gasteiger partial charge is 0.351 e. The molecule has 1 aromatic carbocycles. The van der Waals surface area contributed by atoms with Crippen molar-refractivity contribution in [2.24, 2.45) is 5.41 Å². The summed E-state index contributed by atoms with van der Waals surface area (Å²) >= 11 is 0. The van der Waals surface area contributed by atoms with Crippen molar-refractivity contribution in [3.8, 4) is 0 Å². The van der Waals surface area contributed by atoms with Gasteiger partial charge in [-0.3, -0.25) is 4.79 Å².